The van der Waals surface area contributed by atoms with E-state index in [9.17, 15) is 0 Å². The Morgan fingerprint density at radius 1 is 0.714 bits per heavy atom. The normalized spacial score (nSPS) is 5.14. The molecular weight excluding hydrogens is 371 g/mol. The third-order valence-electron chi connectivity index (χ3n) is 0. The summed E-state index contributed by atoms with van der Waals surface area (Å²) in [5.74, 6) is 0. The summed E-state index contributed by atoms with van der Waals surface area (Å²) in [5.41, 5.74) is 0. The molecule has 0 aliphatic rings. The second-order valence-corrected chi connectivity index (χ2v) is 6.00. The van der Waals surface area contributed by atoms with E-state index in [1.54, 1.807) is 0 Å². The molecule has 4 radical (unpaired) electrons. The Labute approximate surface area is 78.7 Å². The zero-order valence-corrected chi connectivity index (χ0v) is 12.1. The molecule has 7 heavy (non-hydrogen) atoms. The molecule has 0 aromatic carbocycles. The van der Waals surface area contributed by atoms with Crippen LogP contribution in [0.2, 0.25) is 19.5 Å². The number of rotatable bonds is 0. The van der Waals surface area contributed by atoms with E-state index in [-0.39, 0.29) is 17.1 Å². The summed E-state index contributed by atoms with van der Waals surface area (Å²) in [7, 11) is 0. The fourth-order valence-corrected chi connectivity index (χ4v) is 0. The zero-order valence-electron chi connectivity index (χ0n) is 5.30. The first-order valence-electron chi connectivity index (χ1n) is 1.79. The molecule has 0 aliphatic carbocycles. The van der Waals surface area contributed by atoms with E-state index >= 15 is 0 Å². The van der Waals surface area contributed by atoms with E-state index in [4.69, 9.17) is 0 Å². The van der Waals surface area contributed by atoms with Gasteiger partial charge in [0, 0.05) is 17.1 Å². The van der Waals surface area contributed by atoms with Gasteiger partial charge in [-0.15, -0.1) is 0 Å². The van der Waals surface area contributed by atoms with E-state index < -0.39 is 0 Å². The standard InChI is InChI=1S/4CH3.2Sb.Se/h4*1H3;;;. The molecule has 0 atom stereocenters. The quantitative estimate of drug-likeness (QED) is 0.552. The zero-order chi connectivity index (χ0) is 5.41. The largest absolute Gasteiger partial charge is 0 e. The van der Waals surface area contributed by atoms with E-state index in [1.807, 2.05) is 0 Å². The third-order valence-corrected chi connectivity index (χ3v) is 0. The fraction of sp³-hybridized carbons (Fsp3) is 1.00. The van der Waals surface area contributed by atoms with Gasteiger partial charge in [-0.25, -0.2) is 0 Å². The van der Waals surface area contributed by atoms with Crippen molar-refractivity contribution in [3.63, 3.8) is 0 Å². The average molecular weight is 383 g/mol. The summed E-state index contributed by atoms with van der Waals surface area (Å²) >= 11 is 0.700. The molecule has 0 nitrogen and oxygen atoms in total. The van der Waals surface area contributed by atoms with Crippen LogP contribution in [-0.2, 0) is 0 Å². The minimum atomic E-state index is 0. The van der Waals surface area contributed by atoms with Crippen molar-refractivity contribution in [2.75, 3.05) is 0 Å². The van der Waals surface area contributed by atoms with E-state index in [1.165, 1.54) is 0 Å². The van der Waals surface area contributed by atoms with Crippen LogP contribution in [0.15, 0.2) is 0 Å². The third kappa shape index (κ3) is 66.5. The average Bonchev–Trinajstić information content (AvgIpc) is 1.39. The van der Waals surface area contributed by atoms with Crippen LogP contribution in [0.4, 0.5) is 0 Å². The summed E-state index contributed by atoms with van der Waals surface area (Å²) in [6, 6.07) is 0. The first kappa shape index (κ1) is 16.1. The van der Waals surface area contributed by atoms with Crippen LogP contribution >= 0.6 is 0 Å². The predicted molar refractivity (Wildman–Crippen MR) is 40.7 cm³/mol. The maximum absolute atomic E-state index is 2.28. The Morgan fingerprint density at radius 2 is 0.714 bits per heavy atom. The molecule has 3 heteroatoms. The molecule has 0 rings (SSSR count). The molecule has 0 unspecified atom stereocenters. The molecule has 0 saturated carbocycles. The smallest absolute Gasteiger partial charge is 0 e. The monoisotopic (exact) mass is 382 g/mol. The first-order valence-corrected chi connectivity index (χ1v) is 12.0. The minimum Gasteiger partial charge on any atom is 0 e. The van der Waals surface area contributed by atoms with Crippen molar-refractivity contribution < 1.29 is 0 Å². The van der Waals surface area contributed by atoms with Crippen LogP contribution < -0.4 is 0 Å². The van der Waals surface area contributed by atoms with Crippen LogP contribution in [0.1, 0.15) is 0 Å². The SMILES string of the molecule is [CH3][Sb][CH3].[CH3][Sb][CH3].[Se]. The molecule has 0 amide bonds. The first-order chi connectivity index (χ1) is 2.83. The van der Waals surface area contributed by atoms with Gasteiger partial charge >= 0.3 is 62.7 Å². The molecule has 0 fully saturated rings. The molecule has 0 spiro atoms. The van der Waals surface area contributed by atoms with Crippen molar-refractivity contribution in [2.24, 2.45) is 0 Å². The predicted octanol–water partition coefficient (Wildman–Crippen LogP) is 1.19. The van der Waals surface area contributed by atoms with Crippen LogP contribution in [0, 0.1) is 0 Å². The van der Waals surface area contributed by atoms with Gasteiger partial charge in [0.15, 0.2) is 0 Å². The number of hydrogen-bond acceptors (Lipinski definition) is 0. The van der Waals surface area contributed by atoms with Crippen molar-refractivity contribution in [3.05, 3.63) is 0 Å². The fourth-order valence-electron chi connectivity index (χ4n) is 0. The minimum absolute atomic E-state index is 0. The molecule has 44 valence electrons. The molecule has 0 N–H and O–H groups in total. The van der Waals surface area contributed by atoms with E-state index in [0.717, 1.165) is 0 Å². The second kappa shape index (κ2) is 24.2. The van der Waals surface area contributed by atoms with E-state index in [2.05, 4.69) is 19.5 Å². The second-order valence-electron chi connectivity index (χ2n) is 0.894. The molecule has 0 bridgehead atoms. The van der Waals surface area contributed by atoms with Crippen molar-refractivity contribution in [2.45, 2.75) is 19.5 Å². The molecule has 0 heterocycles. The summed E-state index contributed by atoms with van der Waals surface area (Å²) in [4.78, 5) is 9.10. The van der Waals surface area contributed by atoms with E-state index in [0.29, 0.717) is 43.2 Å². The maximum Gasteiger partial charge on any atom is 0 e. The van der Waals surface area contributed by atoms with Gasteiger partial charge in [-0.3, -0.25) is 0 Å². The van der Waals surface area contributed by atoms with Crippen LogP contribution in [0.5, 0.6) is 0 Å². The topological polar surface area (TPSA) is 0 Å². The Balaban J connectivity index is -0.0000000400. The maximum atomic E-state index is 2.28. The summed E-state index contributed by atoms with van der Waals surface area (Å²) in [5, 5.41) is 0. The van der Waals surface area contributed by atoms with Gasteiger partial charge in [-0.05, 0) is 0 Å². The Bertz CT molecular complexity index is 11.7. The molecule has 0 aliphatic heterocycles. The van der Waals surface area contributed by atoms with Gasteiger partial charge in [0.25, 0.3) is 0 Å². The van der Waals surface area contributed by atoms with Gasteiger partial charge < -0.3 is 0 Å². The Kier molecular flexibility index (Phi) is 55.5. The number of hydrogen-bond donors (Lipinski definition) is 0. The molecule has 0 saturated heterocycles. The van der Waals surface area contributed by atoms with Crippen molar-refractivity contribution in [3.8, 4) is 0 Å². The van der Waals surface area contributed by atoms with Crippen LogP contribution in [-0.4, -0.2) is 60.3 Å². The van der Waals surface area contributed by atoms with Gasteiger partial charge in [0.1, 0.15) is 0 Å². The van der Waals surface area contributed by atoms with Gasteiger partial charge in [-0.1, -0.05) is 0 Å². The van der Waals surface area contributed by atoms with Crippen LogP contribution in [0.3, 0.4) is 0 Å². The molecular formula is C4H12Sb2Se. The molecule has 0 aromatic heterocycles. The van der Waals surface area contributed by atoms with Gasteiger partial charge in [0.05, 0.1) is 0 Å². The van der Waals surface area contributed by atoms with Gasteiger partial charge in [-0.2, -0.15) is 0 Å². The Hall–Kier alpha value is 2.16. The summed E-state index contributed by atoms with van der Waals surface area (Å²) in [6.07, 6.45) is 0. The Morgan fingerprint density at radius 3 is 0.714 bits per heavy atom. The van der Waals surface area contributed by atoms with Gasteiger partial charge in [0.2, 0.25) is 0 Å². The van der Waals surface area contributed by atoms with Crippen molar-refractivity contribution in [1.29, 1.82) is 0 Å². The van der Waals surface area contributed by atoms with Crippen molar-refractivity contribution in [1.82, 2.24) is 0 Å². The van der Waals surface area contributed by atoms with Crippen LogP contribution in [0.25, 0.3) is 0 Å². The summed E-state index contributed by atoms with van der Waals surface area (Å²) < 4.78 is 0. The molecule has 0 aromatic rings. The summed E-state index contributed by atoms with van der Waals surface area (Å²) in [6.45, 7) is 0. The van der Waals surface area contributed by atoms with Crippen molar-refractivity contribution >= 4 is 60.3 Å².